The molecule has 1 aliphatic heterocycles. The normalized spacial score (nSPS) is 16.3. The third kappa shape index (κ3) is 3.96. The van der Waals surface area contributed by atoms with E-state index in [1.807, 2.05) is 5.01 Å². The molecule has 18 heavy (non-hydrogen) atoms. The number of hydrogen-bond donors (Lipinski definition) is 2. The molecule has 1 aliphatic rings. The molecule has 0 aromatic heterocycles. The van der Waals surface area contributed by atoms with Gasteiger partial charge in [-0.25, -0.2) is 5.01 Å². The first-order valence-electron chi connectivity index (χ1n) is 5.50. The Hall–Kier alpha value is -0.590. The van der Waals surface area contributed by atoms with Crippen molar-refractivity contribution in [2.24, 2.45) is 0 Å². The zero-order valence-corrected chi connectivity index (χ0v) is 11.9. The van der Waals surface area contributed by atoms with Crippen LogP contribution in [0.1, 0.15) is 0 Å². The number of halogens is 2. The van der Waals surface area contributed by atoms with Crippen LogP contribution in [0.4, 0.5) is 5.69 Å². The number of nitrogens with one attached hydrogen (secondary N) is 2. The molecule has 1 aromatic carbocycles. The summed E-state index contributed by atoms with van der Waals surface area (Å²) in [6.45, 7) is 3.01. The lowest BCUT2D eigenvalue weighted by Gasteiger charge is -2.28. The maximum absolute atomic E-state index is 6.05. The summed E-state index contributed by atoms with van der Waals surface area (Å²) < 4.78 is 5.25. The molecule has 1 fully saturated rings. The molecule has 0 unspecified atom stereocenters. The second-order valence-corrected chi connectivity index (χ2v) is 5.04. The number of nitrogens with zero attached hydrogens (tertiary/aromatic N) is 1. The fourth-order valence-electron chi connectivity index (χ4n) is 1.56. The topological polar surface area (TPSA) is 36.5 Å². The summed E-state index contributed by atoms with van der Waals surface area (Å²) in [6.07, 6.45) is 0. The first-order valence-corrected chi connectivity index (χ1v) is 6.67. The standard InChI is InChI=1S/C11H13Cl2N3OS/c12-8-1-2-10(9(13)7-8)14-11(18)15-16-3-5-17-6-4-16/h1-2,7H,3-6H2,(H2,14,15,18). The molecular weight excluding hydrogens is 293 g/mol. The van der Waals surface area contributed by atoms with Crippen molar-refractivity contribution in [3.05, 3.63) is 28.2 Å². The molecule has 0 atom stereocenters. The second-order valence-electron chi connectivity index (χ2n) is 3.79. The Morgan fingerprint density at radius 1 is 1.28 bits per heavy atom. The summed E-state index contributed by atoms with van der Waals surface area (Å²) in [5.74, 6) is 0. The van der Waals surface area contributed by atoms with Crippen LogP contribution in [0.5, 0.6) is 0 Å². The maximum atomic E-state index is 6.05. The number of morpholine rings is 1. The Morgan fingerprint density at radius 2 is 2.00 bits per heavy atom. The van der Waals surface area contributed by atoms with Crippen molar-refractivity contribution in [2.75, 3.05) is 31.6 Å². The highest BCUT2D eigenvalue weighted by atomic mass is 35.5. The van der Waals surface area contributed by atoms with Gasteiger partial charge in [0.1, 0.15) is 0 Å². The lowest BCUT2D eigenvalue weighted by molar-refractivity contribution is 0.0252. The SMILES string of the molecule is S=C(Nc1ccc(Cl)cc1Cl)NN1CCOCC1. The molecule has 7 heteroatoms. The van der Waals surface area contributed by atoms with E-state index in [0.29, 0.717) is 28.4 Å². The monoisotopic (exact) mass is 305 g/mol. The van der Waals surface area contributed by atoms with Crippen molar-refractivity contribution >= 4 is 46.2 Å². The van der Waals surface area contributed by atoms with Crippen LogP contribution in [0.3, 0.4) is 0 Å². The van der Waals surface area contributed by atoms with Gasteiger partial charge in [-0.05, 0) is 30.4 Å². The van der Waals surface area contributed by atoms with Gasteiger partial charge in [0.05, 0.1) is 23.9 Å². The number of ether oxygens (including phenoxy) is 1. The average Bonchev–Trinajstić information content (AvgIpc) is 2.34. The Morgan fingerprint density at radius 3 is 2.67 bits per heavy atom. The van der Waals surface area contributed by atoms with Crippen molar-refractivity contribution < 1.29 is 4.74 Å². The van der Waals surface area contributed by atoms with Gasteiger partial charge in [0.25, 0.3) is 0 Å². The molecule has 0 spiro atoms. The van der Waals surface area contributed by atoms with Crippen LogP contribution >= 0.6 is 35.4 Å². The first-order chi connectivity index (χ1) is 8.65. The van der Waals surface area contributed by atoms with Crippen molar-refractivity contribution in [1.82, 2.24) is 10.4 Å². The molecular formula is C11H13Cl2N3OS. The third-order valence-electron chi connectivity index (χ3n) is 2.45. The largest absolute Gasteiger partial charge is 0.379 e. The van der Waals surface area contributed by atoms with Gasteiger partial charge in [0.15, 0.2) is 5.11 Å². The van der Waals surface area contributed by atoms with Gasteiger partial charge in [-0.1, -0.05) is 23.2 Å². The van der Waals surface area contributed by atoms with Crippen molar-refractivity contribution in [1.29, 1.82) is 0 Å². The zero-order valence-electron chi connectivity index (χ0n) is 9.58. The summed E-state index contributed by atoms with van der Waals surface area (Å²) in [5, 5.41) is 6.67. The van der Waals surface area contributed by atoms with E-state index in [9.17, 15) is 0 Å². The van der Waals surface area contributed by atoms with Crippen LogP contribution in [-0.4, -0.2) is 36.4 Å². The van der Waals surface area contributed by atoms with E-state index in [4.69, 9.17) is 40.2 Å². The van der Waals surface area contributed by atoms with Crippen molar-refractivity contribution in [3.8, 4) is 0 Å². The lowest BCUT2D eigenvalue weighted by atomic mass is 10.3. The molecule has 0 saturated carbocycles. The van der Waals surface area contributed by atoms with Crippen LogP contribution < -0.4 is 10.7 Å². The van der Waals surface area contributed by atoms with Crippen molar-refractivity contribution in [2.45, 2.75) is 0 Å². The predicted octanol–water partition coefficient (Wildman–Crippen LogP) is 2.53. The minimum absolute atomic E-state index is 0.501. The van der Waals surface area contributed by atoms with Gasteiger partial charge in [0, 0.05) is 18.1 Å². The maximum Gasteiger partial charge on any atom is 0.185 e. The number of anilines is 1. The van der Waals surface area contributed by atoms with Gasteiger partial charge >= 0.3 is 0 Å². The van der Waals surface area contributed by atoms with E-state index in [1.54, 1.807) is 18.2 Å². The highest BCUT2D eigenvalue weighted by molar-refractivity contribution is 7.80. The second kappa shape index (κ2) is 6.54. The predicted molar refractivity (Wildman–Crippen MR) is 78.2 cm³/mol. The molecule has 1 heterocycles. The summed E-state index contributed by atoms with van der Waals surface area (Å²) in [5.41, 5.74) is 3.82. The lowest BCUT2D eigenvalue weighted by Crippen LogP contribution is -2.49. The molecule has 4 nitrogen and oxygen atoms in total. The molecule has 1 aromatic rings. The molecule has 0 amide bonds. The number of benzene rings is 1. The van der Waals surface area contributed by atoms with E-state index < -0.39 is 0 Å². The highest BCUT2D eigenvalue weighted by Crippen LogP contribution is 2.25. The first kappa shape index (κ1) is 13.8. The highest BCUT2D eigenvalue weighted by Gasteiger charge is 2.11. The number of thiocarbonyl (C=S) groups is 1. The summed E-state index contributed by atoms with van der Waals surface area (Å²) >= 11 is 17.1. The van der Waals surface area contributed by atoms with Gasteiger partial charge in [-0.15, -0.1) is 0 Å². The fraction of sp³-hybridized carbons (Fsp3) is 0.364. The smallest absolute Gasteiger partial charge is 0.185 e. The van der Waals surface area contributed by atoms with Gasteiger partial charge in [-0.3, -0.25) is 5.43 Å². The fourth-order valence-corrected chi connectivity index (χ4v) is 2.25. The Kier molecular flexibility index (Phi) is 5.03. The van der Waals surface area contributed by atoms with Crippen LogP contribution in [0.25, 0.3) is 0 Å². The summed E-state index contributed by atoms with van der Waals surface area (Å²) in [7, 11) is 0. The molecule has 0 radical (unpaired) electrons. The van der Waals surface area contributed by atoms with Crippen LogP contribution in [0.15, 0.2) is 18.2 Å². The number of rotatable bonds is 2. The van der Waals surface area contributed by atoms with Crippen LogP contribution in [0.2, 0.25) is 10.0 Å². The van der Waals surface area contributed by atoms with Crippen molar-refractivity contribution in [3.63, 3.8) is 0 Å². The zero-order chi connectivity index (χ0) is 13.0. The summed E-state index contributed by atoms with van der Waals surface area (Å²) in [6, 6.07) is 5.22. The van der Waals surface area contributed by atoms with Gasteiger partial charge in [0.2, 0.25) is 0 Å². The minimum atomic E-state index is 0.501. The molecule has 0 aliphatic carbocycles. The van der Waals surface area contributed by atoms with Gasteiger partial charge < -0.3 is 10.1 Å². The molecule has 2 N–H and O–H groups in total. The van der Waals surface area contributed by atoms with E-state index in [2.05, 4.69) is 10.7 Å². The number of hydrazine groups is 1. The third-order valence-corrected chi connectivity index (χ3v) is 3.19. The van der Waals surface area contributed by atoms with Crippen LogP contribution in [0, 0.1) is 0 Å². The Bertz CT molecular complexity index is 438. The Labute approximate surface area is 121 Å². The molecule has 98 valence electrons. The van der Waals surface area contributed by atoms with Gasteiger partial charge in [-0.2, -0.15) is 0 Å². The van der Waals surface area contributed by atoms with Crippen LogP contribution in [-0.2, 0) is 4.74 Å². The molecule has 1 saturated heterocycles. The Balaban J connectivity index is 1.90. The van der Waals surface area contributed by atoms with E-state index in [-0.39, 0.29) is 0 Å². The van der Waals surface area contributed by atoms with E-state index in [0.717, 1.165) is 18.8 Å². The number of hydrogen-bond acceptors (Lipinski definition) is 3. The molecule has 0 bridgehead atoms. The van der Waals surface area contributed by atoms with E-state index in [1.165, 1.54) is 0 Å². The summed E-state index contributed by atoms with van der Waals surface area (Å²) in [4.78, 5) is 0. The minimum Gasteiger partial charge on any atom is -0.379 e. The molecule has 2 rings (SSSR count). The van der Waals surface area contributed by atoms with E-state index >= 15 is 0 Å². The average molecular weight is 306 g/mol. The quantitative estimate of drug-likeness (QED) is 0.821.